The summed E-state index contributed by atoms with van der Waals surface area (Å²) < 4.78 is 5.89. The second-order valence-corrected chi connectivity index (χ2v) is 5.95. The van der Waals surface area contributed by atoms with Gasteiger partial charge in [-0.15, -0.1) is 0 Å². The van der Waals surface area contributed by atoms with Crippen molar-refractivity contribution in [3.8, 4) is 0 Å². The van der Waals surface area contributed by atoms with E-state index in [-0.39, 0.29) is 11.4 Å². The average molecular weight is 338 g/mol. The predicted molar refractivity (Wildman–Crippen MR) is 77.7 cm³/mol. The first-order chi connectivity index (χ1) is 9.04. The third kappa shape index (κ3) is 2.19. The minimum absolute atomic E-state index is 0.117. The molecule has 96 valence electrons. The fraction of sp³-hybridized carbons (Fsp3) is 0.0833. The monoisotopic (exact) mass is 337 g/mol. The Labute approximate surface area is 121 Å². The maximum Gasteiger partial charge on any atom is 0.283 e. The van der Waals surface area contributed by atoms with Crippen molar-refractivity contribution in [1.29, 1.82) is 5.41 Å². The van der Waals surface area contributed by atoms with Crippen LogP contribution in [0.5, 0.6) is 0 Å². The van der Waals surface area contributed by atoms with Crippen molar-refractivity contribution in [2.75, 3.05) is 0 Å². The van der Waals surface area contributed by atoms with Gasteiger partial charge in [0.2, 0.25) is 0 Å². The molecule has 7 heteroatoms. The third-order valence-corrected chi connectivity index (χ3v) is 3.90. The number of aliphatic imine (C=N–C) groups is 1. The smallest absolute Gasteiger partial charge is 0.283 e. The van der Waals surface area contributed by atoms with Gasteiger partial charge in [0.1, 0.15) is 11.6 Å². The molecule has 2 aliphatic rings. The molecular weight excluding hydrogens is 330 g/mol. The van der Waals surface area contributed by atoms with Crippen LogP contribution in [-0.2, 0) is 4.79 Å². The van der Waals surface area contributed by atoms with E-state index in [0.29, 0.717) is 15.6 Å². The molecule has 0 saturated heterocycles. The van der Waals surface area contributed by atoms with Crippen molar-refractivity contribution >= 4 is 50.7 Å². The number of fused-ring (bicyclic) bond motifs is 1. The Morgan fingerprint density at radius 2 is 2.32 bits per heavy atom. The lowest BCUT2D eigenvalue weighted by Crippen LogP contribution is -2.35. The topological polar surface area (TPSA) is 69.7 Å². The molecule has 0 atom stereocenters. The number of furan rings is 1. The number of thioether (sulfide) groups is 1. The Kier molecular flexibility index (Phi) is 2.94. The van der Waals surface area contributed by atoms with E-state index in [1.54, 1.807) is 23.2 Å². The average Bonchev–Trinajstić information content (AvgIpc) is 2.90. The summed E-state index contributed by atoms with van der Waals surface area (Å²) in [5, 5.41) is 8.63. The summed E-state index contributed by atoms with van der Waals surface area (Å²) in [5.41, 5.74) is 0.220. The summed E-state index contributed by atoms with van der Waals surface area (Å²) in [4.78, 5) is 18.5. The molecule has 0 bridgehead atoms. The van der Waals surface area contributed by atoms with Crippen molar-refractivity contribution in [3.05, 3.63) is 39.2 Å². The molecule has 1 N–H and O–H groups in total. The van der Waals surface area contributed by atoms with Gasteiger partial charge in [0.25, 0.3) is 5.91 Å². The number of nitrogens with zero attached hydrogens (tertiary/aromatic N) is 2. The van der Waals surface area contributed by atoms with E-state index in [1.165, 1.54) is 17.8 Å². The number of carbonyl (C=O) groups excluding carboxylic acids is 1. The molecule has 2 aliphatic heterocycles. The van der Waals surface area contributed by atoms with Gasteiger partial charge >= 0.3 is 0 Å². The normalized spacial score (nSPS) is 20.7. The second-order valence-electron chi connectivity index (χ2n) is 3.96. The molecule has 1 aromatic heterocycles. The standard InChI is InChI=1S/C12H8BrN3O2S/c1-6-5-16-10(14)8(11(17)15-12(16)19-6)4-7-2-3-9(13)18-7/h2-5,14H,1H3/b8-4-,14-10?. The number of halogens is 1. The minimum atomic E-state index is -0.417. The Morgan fingerprint density at radius 1 is 1.53 bits per heavy atom. The maximum atomic E-state index is 12.0. The van der Waals surface area contributed by atoms with Gasteiger partial charge in [-0.2, -0.15) is 4.99 Å². The van der Waals surface area contributed by atoms with Crippen LogP contribution in [-0.4, -0.2) is 21.8 Å². The van der Waals surface area contributed by atoms with E-state index in [0.717, 1.165) is 4.91 Å². The van der Waals surface area contributed by atoms with Gasteiger partial charge in [-0.05, 0) is 41.1 Å². The van der Waals surface area contributed by atoms with Gasteiger partial charge in [-0.25, -0.2) is 0 Å². The molecule has 1 aromatic rings. The zero-order chi connectivity index (χ0) is 13.6. The molecule has 0 radical (unpaired) electrons. The lowest BCUT2D eigenvalue weighted by Gasteiger charge is -2.21. The zero-order valence-corrected chi connectivity index (χ0v) is 12.2. The van der Waals surface area contributed by atoms with Gasteiger partial charge in [-0.3, -0.25) is 15.1 Å². The zero-order valence-electron chi connectivity index (χ0n) is 9.81. The van der Waals surface area contributed by atoms with Crippen molar-refractivity contribution in [1.82, 2.24) is 4.90 Å². The lowest BCUT2D eigenvalue weighted by atomic mass is 10.1. The summed E-state index contributed by atoms with van der Waals surface area (Å²) >= 11 is 4.58. The largest absolute Gasteiger partial charge is 0.450 e. The number of rotatable bonds is 1. The molecule has 0 unspecified atom stereocenters. The van der Waals surface area contributed by atoms with Crippen molar-refractivity contribution in [2.45, 2.75) is 6.92 Å². The first-order valence-electron chi connectivity index (χ1n) is 5.39. The Balaban J connectivity index is 2.02. The van der Waals surface area contributed by atoms with E-state index in [2.05, 4.69) is 20.9 Å². The van der Waals surface area contributed by atoms with Gasteiger partial charge < -0.3 is 4.42 Å². The first-order valence-corrected chi connectivity index (χ1v) is 7.00. The summed E-state index contributed by atoms with van der Waals surface area (Å²) in [5.74, 6) is 0.206. The number of allylic oxidation sites excluding steroid dienone is 1. The quantitative estimate of drug-likeness (QED) is 0.799. The van der Waals surface area contributed by atoms with Crippen LogP contribution in [0.1, 0.15) is 12.7 Å². The predicted octanol–water partition coefficient (Wildman–Crippen LogP) is 3.21. The molecule has 3 rings (SSSR count). The summed E-state index contributed by atoms with van der Waals surface area (Å²) in [6.45, 7) is 1.91. The Morgan fingerprint density at radius 3 is 3.00 bits per heavy atom. The highest BCUT2D eigenvalue weighted by molar-refractivity contribution is 9.10. The molecule has 19 heavy (non-hydrogen) atoms. The molecule has 0 fully saturated rings. The molecule has 0 aliphatic carbocycles. The fourth-order valence-corrected chi connectivity index (χ4v) is 2.89. The van der Waals surface area contributed by atoms with Crippen LogP contribution in [0.25, 0.3) is 6.08 Å². The molecule has 0 spiro atoms. The summed E-state index contributed by atoms with van der Waals surface area (Å²) in [7, 11) is 0. The summed E-state index contributed by atoms with van der Waals surface area (Å²) in [6, 6.07) is 3.45. The summed E-state index contributed by atoms with van der Waals surface area (Å²) in [6.07, 6.45) is 3.33. The van der Waals surface area contributed by atoms with Crippen LogP contribution in [0.15, 0.2) is 42.9 Å². The highest BCUT2D eigenvalue weighted by atomic mass is 79.9. The van der Waals surface area contributed by atoms with Crippen LogP contribution < -0.4 is 0 Å². The van der Waals surface area contributed by atoms with Gasteiger partial charge in [0.05, 0.1) is 5.57 Å². The first kappa shape index (κ1) is 12.4. The van der Waals surface area contributed by atoms with Crippen LogP contribution in [0.3, 0.4) is 0 Å². The van der Waals surface area contributed by atoms with E-state index in [1.807, 2.05) is 6.92 Å². The van der Waals surface area contributed by atoms with Crippen LogP contribution in [0.4, 0.5) is 0 Å². The lowest BCUT2D eigenvalue weighted by molar-refractivity contribution is -0.114. The minimum Gasteiger partial charge on any atom is -0.450 e. The fourth-order valence-electron chi connectivity index (χ4n) is 1.75. The molecule has 5 nitrogen and oxygen atoms in total. The van der Waals surface area contributed by atoms with Crippen molar-refractivity contribution < 1.29 is 9.21 Å². The molecular formula is C12H8BrN3O2S. The van der Waals surface area contributed by atoms with E-state index < -0.39 is 5.91 Å². The number of hydrogen-bond donors (Lipinski definition) is 1. The van der Waals surface area contributed by atoms with Crippen LogP contribution >= 0.6 is 27.7 Å². The number of nitrogens with one attached hydrogen (secondary N) is 1. The number of hydrogen-bond acceptors (Lipinski definition) is 4. The molecule has 3 heterocycles. The van der Waals surface area contributed by atoms with Gasteiger partial charge in [0, 0.05) is 11.1 Å². The number of amides is 1. The van der Waals surface area contributed by atoms with Crippen LogP contribution in [0, 0.1) is 5.41 Å². The Bertz CT molecular complexity index is 687. The highest BCUT2D eigenvalue weighted by Crippen LogP contribution is 2.32. The van der Waals surface area contributed by atoms with E-state index in [9.17, 15) is 4.79 Å². The third-order valence-electron chi connectivity index (χ3n) is 2.57. The van der Waals surface area contributed by atoms with Crippen molar-refractivity contribution in [2.24, 2.45) is 4.99 Å². The van der Waals surface area contributed by atoms with Crippen molar-refractivity contribution in [3.63, 3.8) is 0 Å². The second kappa shape index (κ2) is 4.50. The number of amidine groups is 2. The molecule has 0 aromatic carbocycles. The molecule has 0 saturated carbocycles. The maximum absolute atomic E-state index is 12.0. The van der Waals surface area contributed by atoms with Gasteiger partial charge in [-0.1, -0.05) is 11.8 Å². The van der Waals surface area contributed by atoms with Gasteiger partial charge in [0.15, 0.2) is 9.84 Å². The van der Waals surface area contributed by atoms with E-state index in [4.69, 9.17) is 9.83 Å². The SMILES string of the molecule is CC1=CN2C(=N)/C(=C/c3ccc(Br)o3)C(=O)N=C2S1. The highest BCUT2D eigenvalue weighted by Gasteiger charge is 2.32. The van der Waals surface area contributed by atoms with E-state index >= 15 is 0 Å². The number of carbonyl (C=O) groups is 1. The van der Waals surface area contributed by atoms with Crippen LogP contribution in [0.2, 0.25) is 0 Å². The Hall–Kier alpha value is -1.60. The molecule has 1 amide bonds.